The second-order valence-corrected chi connectivity index (χ2v) is 7.09. The molecule has 0 aromatic heterocycles. The van der Waals surface area contributed by atoms with Gasteiger partial charge >= 0.3 is 0 Å². The molecule has 0 fully saturated rings. The number of carbonyl (C=O) groups excluding carboxylic acids is 2. The molecule has 27 heavy (non-hydrogen) atoms. The van der Waals surface area contributed by atoms with Crippen molar-refractivity contribution in [3.05, 3.63) is 62.1 Å². The van der Waals surface area contributed by atoms with E-state index in [1.807, 2.05) is 0 Å². The second kappa shape index (κ2) is 9.95. The van der Waals surface area contributed by atoms with Crippen LogP contribution in [0.1, 0.15) is 12.5 Å². The molecule has 0 aliphatic carbocycles. The SMILES string of the molecule is CC(=O)[C@@H](/C=N\OCc1c(Cl)cccc1Cl)C(=O)Nc1ccc(Cl)cc1Cl. The molecule has 0 spiro atoms. The molecule has 1 atom stereocenters. The third-order valence-corrected chi connectivity index (χ3v) is 4.72. The van der Waals surface area contributed by atoms with Crippen molar-refractivity contribution in [3.8, 4) is 0 Å². The molecule has 2 aromatic carbocycles. The van der Waals surface area contributed by atoms with Crippen LogP contribution in [-0.2, 0) is 21.0 Å². The first-order valence-corrected chi connectivity index (χ1v) is 9.15. The van der Waals surface area contributed by atoms with E-state index in [-0.39, 0.29) is 11.6 Å². The minimum Gasteiger partial charge on any atom is -0.391 e. The van der Waals surface area contributed by atoms with E-state index in [4.69, 9.17) is 51.2 Å². The Morgan fingerprint density at radius 2 is 1.78 bits per heavy atom. The van der Waals surface area contributed by atoms with Gasteiger partial charge in [-0.05, 0) is 37.3 Å². The molecule has 1 N–H and O–H groups in total. The molecule has 142 valence electrons. The molecule has 0 bridgehead atoms. The van der Waals surface area contributed by atoms with Gasteiger partial charge in [0.05, 0.1) is 16.9 Å². The molecule has 2 rings (SSSR count). The third kappa shape index (κ3) is 6.11. The van der Waals surface area contributed by atoms with E-state index in [0.29, 0.717) is 26.3 Å². The molecule has 0 radical (unpaired) electrons. The highest BCUT2D eigenvalue weighted by molar-refractivity contribution is 6.37. The van der Waals surface area contributed by atoms with Crippen LogP contribution in [0.25, 0.3) is 0 Å². The first kappa shape index (κ1) is 21.5. The smallest absolute Gasteiger partial charge is 0.240 e. The van der Waals surface area contributed by atoms with Crippen LogP contribution in [0.15, 0.2) is 41.6 Å². The second-order valence-electron chi connectivity index (χ2n) is 5.43. The quantitative estimate of drug-likeness (QED) is 0.339. The van der Waals surface area contributed by atoms with Gasteiger partial charge in [0.1, 0.15) is 18.3 Å². The van der Waals surface area contributed by atoms with Gasteiger partial charge in [-0.3, -0.25) is 9.59 Å². The summed E-state index contributed by atoms with van der Waals surface area (Å²) < 4.78 is 0. The van der Waals surface area contributed by atoms with E-state index in [1.54, 1.807) is 24.3 Å². The first-order valence-electron chi connectivity index (χ1n) is 7.64. The molecule has 0 saturated heterocycles. The highest BCUT2D eigenvalue weighted by Crippen LogP contribution is 2.26. The summed E-state index contributed by atoms with van der Waals surface area (Å²) >= 11 is 23.9. The number of hydrogen-bond acceptors (Lipinski definition) is 4. The Balaban J connectivity index is 2.03. The topological polar surface area (TPSA) is 67.8 Å². The van der Waals surface area contributed by atoms with Crippen molar-refractivity contribution in [1.82, 2.24) is 0 Å². The number of anilines is 1. The summed E-state index contributed by atoms with van der Waals surface area (Å²) in [5.74, 6) is -2.17. The van der Waals surface area contributed by atoms with Crippen LogP contribution in [0.3, 0.4) is 0 Å². The number of Topliss-reactive ketones (excluding diaryl/α,β-unsaturated/α-hetero) is 1. The van der Waals surface area contributed by atoms with Crippen molar-refractivity contribution in [2.75, 3.05) is 5.32 Å². The maximum atomic E-state index is 12.4. The van der Waals surface area contributed by atoms with Crippen LogP contribution in [0.4, 0.5) is 5.69 Å². The van der Waals surface area contributed by atoms with E-state index < -0.39 is 17.6 Å². The number of oxime groups is 1. The molecule has 5 nitrogen and oxygen atoms in total. The van der Waals surface area contributed by atoms with Gasteiger partial charge in [0.25, 0.3) is 0 Å². The third-order valence-electron chi connectivity index (χ3n) is 3.46. The summed E-state index contributed by atoms with van der Waals surface area (Å²) in [6.07, 6.45) is 1.10. The highest BCUT2D eigenvalue weighted by Gasteiger charge is 2.22. The van der Waals surface area contributed by atoms with Crippen LogP contribution < -0.4 is 5.32 Å². The largest absolute Gasteiger partial charge is 0.391 e. The van der Waals surface area contributed by atoms with Crippen molar-refractivity contribution in [3.63, 3.8) is 0 Å². The van der Waals surface area contributed by atoms with E-state index in [9.17, 15) is 9.59 Å². The monoisotopic (exact) mass is 446 g/mol. The summed E-state index contributed by atoms with van der Waals surface area (Å²) in [7, 11) is 0. The standard InChI is InChI=1S/C18H14Cl4N2O3/c1-10(25)12(18(26)24-17-6-5-11(19)7-16(17)22)8-23-27-9-13-14(20)3-2-4-15(13)21/h2-8,12H,9H2,1H3,(H,24,26)/b23-8-/t12-/m1/s1. The van der Waals surface area contributed by atoms with Crippen molar-refractivity contribution >= 4 is 70.0 Å². The number of carbonyl (C=O) groups is 2. The Morgan fingerprint density at radius 1 is 1.11 bits per heavy atom. The van der Waals surface area contributed by atoms with Crippen LogP contribution in [-0.4, -0.2) is 17.9 Å². The molecular weight excluding hydrogens is 434 g/mol. The molecule has 9 heteroatoms. The van der Waals surface area contributed by atoms with Gasteiger partial charge in [-0.2, -0.15) is 0 Å². The maximum absolute atomic E-state index is 12.4. The molecule has 0 aliphatic heterocycles. The summed E-state index contributed by atoms with van der Waals surface area (Å²) in [6, 6.07) is 9.61. The molecular formula is C18H14Cl4N2O3. The normalized spacial score (nSPS) is 12.0. The lowest BCUT2D eigenvalue weighted by atomic mass is 10.1. The lowest BCUT2D eigenvalue weighted by molar-refractivity contribution is -0.126. The van der Waals surface area contributed by atoms with E-state index in [0.717, 1.165) is 6.21 Å². The average molecular weight is 448 g/mol. The molecule has 0 aliphatic rings. The lowest BCUT2D eigenvalue weighted by Gasteiger charge is -2.11. The van der Waals surface area contributed by atoms with Gasteiger partial charge in [0.2, 0.25) is 5.91 Å². The van der Waals surface area contributed by atoms with Gasteiger partial charge in [-0.25, -0.2) is 0 Å². The fourth-order valence-corrected chi connectivity index (χ4v) is 3.00. The van der Waals surface area contributed by atoms with Crippen molar-refractivity contribution in [2.24, 2.45) is 11.1 Å². The fourth-order valence-electron chi connectivity index (χ4n) is 2.03. The van der Waals surface area contributed by atoms with Gasteiger partial charge < -0.3 is 10.2 Å². The van der Waals surface area contributed by atoms with E-state index >= 15 is 0 Å². The van der Waals surface area contributed by atoms with Crippen molar-refractivity contribution < 1.29 is 14.4 Å². The zero-order chi connectivity index (χ0) is 20.0. The van der Waals surface area contributed by atoms with Gasteiger partial charge in [0.15, 0.2) is 0 Å². The average Bonchev–Trinajstić information content (AvgIpc) is 2.59. The minimum absolute atomic E-state index is 0.00966. The Morgan fingerprint density at radius 3 is 2.37 bits per heavy atom. The summed E-state index contributed by atoms with van der Waals surface area (Å²) in [5, 5.41) is 7.78. The van der Waals surface area contributed by atoms with Crippen molar-refractivity contribution in [2.45, 2.75) is 13.5 Å². The van der Waals surface area contributed by atoms with Gasteiger partial charge in [0, 0.05) is 20.6 Å². The molecule has 0 unspecified atom stereocenters. The number of ketones is 1. The molecule has 1 amide bonds. The Kier molecular flexibility index (Phi) is 7.92. The summed E-state index contributed by atoms with van der Waals surface area (Å²) in [5.41, 5.74) is 0.879. The van der Waals surface area contributed by atoms with E-state index in [2.05, 4.69) is 10.5 Å². The number of nitrogens with zero attached hydrogens (tertiary/aromatic N) is 1. The maximum Gasteiger partial charge on any atom is 0.240 e. The summed E-state index contributed by atoms with van der Waals surface area (Å²) in [4.78, 5) is 29.3. The first-order chi connectivity index (χ1) is 12.8. The summed E-state index contributed by atoms with van der Waals surface area (Å²) in [6.45, 7) is 1.26. The van der Waals surface area contributed by atoms with E-state index in [1.165, 1.54) is 19.1 Å². The predicted molar refractivity (Wildman–Crippen MR) is 109 cm³/mol. The molecule has 2 aromatic rings. The fraction of sp³-hybridized carbons (Fsp3) is 0.167. The van der Waals surface area contributed by atoms with Gasteiger partial charge in [-0.1, -0.05) is 57.6 Å². The molecule has 0 saturated carbocycles. The minimum atomic E-state index is -1.15. The Bertz CT molecular complexity index is 867. The number of rotatable bonds is 7. The highest BCUT2D eigenvalue weighted by atomic mass is 35.5. The number of amides is 1. The van der Waals surface area contributed by atoms with Crippen LogP contribution in [0.5, 0.6) is 0 Å². The van der Waals surface area contributed by atoms with Crippen LogP contribution in [0, 0.1) is 5.92 Å². The Labute approximate surface area is 176 Å². The molecule has 0 heterocycles. The van der Waals surface area contributed by atoms with Crippen LogP contribution >= 0.6 is 46.4 Å². The zero-order valence-electron chi connectivity index (χ0n) is 14.0. The van der Waals surface area contributed by atoms with Crippen LogP contribution in [0.2, 0.25) is 20.1 Å². The number of benzene rings is 2. The van der Waals surface area contributed by atoms with Crippen molar-refractivity contribution in [1.29, 1.82) is 0 Å². The predicted octanol–water partition coefficient (Wildman–Crippen LogP) is 5.65. The lowest BCUT2D eigenvalue weighted by Crippen LogP contribution is -2.29. The zero-order valence-corrected chi connectivity index (χ0v) is 17.0. The number of halogens is 4. The number of nitrogens with one attached hydrogen (secondary N) is 1. The Hall–Kier alpha value is -1.79. The van der Waals surface area contributed by atoms with Gasteiger partial charge in [-0.15, -0.1) is 0 Å². The number of hydrogen-bond donors (Lipinski definition) is 1.